The first-order valence-electron chi connectivity index (χ1n) is 18.8. The molecule has 18 nitrogen and oxygen atoms in total. The van der Waals surface area contributed by atoms with Crippen molar-refractivity contribution < 1.29 is 28.9 Å². The van der Waals surface area contributed by atoms with E-state index in [2.05, 4.69) is 35.9 Å². The molecule has 0 saturated carbocycles. The molecule has 0 radical (unpaired) electrons. The fourth-order valence-corrected chi connectivity index (χ4v) is 7.05. The van der Waals surface area contributed by atoms with Crippen molar-refractivity contribution in [1.29, 1.82) is 0 Å². The summed E-state index contributed by atoms with van der Waals surface area (Å²) in [7, 11) is 3.08. The number of thiocarbonyl (C=S) groups is 2. The molecule has 0 aliphatic heterocycles. The molecule has 0 bridgehead atoms. The number of tetrazole rings is 2. The summed E-state index contributed by atoms with van der Waals surface area (Å²) in [5, 5.41) is 48.2. The van der Waals surface area contributed by atoms with Gasteiger partial charge in [0.2, 0.25) is 11.4 Å². The molecular weight excluding hydrogens is 897 g/mol. The summed E-state index contributed by atoms with van der Waals surface area (Å²) in [6.07, 6.45) is 0. The van der Waals surface area contributed by atoms with Gasteiger partial charge in [-0.2, -0.15) is 0 Å². The van der Waals surface area contributed by atoms with Crippen molar-refractivity contribution in [3.63, 3.8) is 0 Å². The Bertz CT molecular complexity index is 2880. The molecular formula is C42H32N12O6S4+2. The summed E-state index contributed by atoms with van der Waals surface area (Å²) in [5.74, 6) is 1.59. The number of thiol groups is 2. The second kappa shape index (κ2) is 18.4. The maximum Gasteiger partial charge on any atom is 0.340 e. The van der Waals surface area contributed by atoms with Crippen LogP contribution in [0.25, 0.3) is 56.7 Å². The van der Waals surface area contributed by atoms with E-state index in [1.54, 1.807) is 33.9 Å². The highest BCUT2D eigenvalue weighted by Gasteiger charge is 2.29. The maximum atomic E-state index is 11.5. The Balaban J connectivity index is 1.18. The quantitative estimate of drug-likeness (QED) is 0.0292. The molecule has 22 heteroatoms. The Labute approximate surface area is 384 Å². The highest BCUT2D eigenvalue weighted by molar-refractivity contribution is 8.11. The lowest BCUT2D eigenvalue weighted by atomic mass is 10.0. The Morgan fingerprint density at radius 1 is 0.562 bits per heavy atom. The molecule has 0 aliphatic rings. The number of anilines is 2. The van der Waals surface area contributed by atoms with Crippen LogP contribution in [0.2, 0.25) is 0 Å². The first-order chi connectivity index (χ1) is 30.9. The number of nitro groups is 2. The second-order valence-electron chi connectivity index (χ2n) is 13.5. The molecule has 6 aromatic carbocycles. The third kappa shape index (κ3) is 9.10. The van der Waals surface area contributed by atoms with E-state index >= 15 is 0 Å². The predicted molar refractivity (Wildman–Crippen MR) is 252 cm³/mol. The summed E-state index contributed by atoms with van der Waals surface area (Å²) >= 11 is 18.4. The fraction of sp³-hybridized carbons (Fsp3) is 0.0476. The van der Waals surface area contributed by atoms with Gasteiger partial charge in [0.25, 0.3) is 11.4 Å². The Kier molecular flexibility index (Phi) is 12.3. The number of hydrogen-bond acceptors (Lipinski definition) is 12. The molecule has 0 unspecified atom stereocenters. The molecule has 318 valence electrons. The van der Waals surface area contributed by atoms with Crippen molar-refractivity contribution in [3.05, 3.63) is 154 Å². The molecule has 0 spiro atoms. The zero-order valence-electron chi connectivity index (χ0n) is 33.3. The molecule has 2 N–H and O–H groups in total. The molecule has 2 aromatic heterocycles. The summed E-state index contributed by atoms with van der Waals surface area (Å²) in [6, 6.07) is 37.6. The normalized spacial score (nSPS) is 10.9. The van der Waals surface area contributed by atoms with Gasteiger partial charge in [-0.3, -0.25) is 20.2 Å². The standard InChI is InChI=1S/C42H30N12O6S4/c1-59-37-23-27(7-21-35(37)51-47-39(25-3-9-29(10-4-25)43-41(61)62)45-49(51)31-13-17-33(18-14-31)53(55)56)28-8-22-36(38(24-28)60-2)52-48-40(26-5-11-30(12-6-26)44-42(63)64)46-50(52)32-15-19-34(20-16-32)54(57)58/h3-24H,1-2H3,(H2-2,43,44,45,46,47,48,61,62,63,64)/p+2. The second-order valence-corrected chi connectivity index (χ2v) is 15.9. The third-order valence-electron chi connectivity index (χ3n) is 9.61. The smallest absolute Gasteiger partial charge is 0.340 e. The van der Waals surface area contributed by atoms with Crippen LogP contribution in [0.1, 0.15) is 0 Å². The van der Waals surface area contributed by atoms with Gasteiger partial charge in [-0.05, 0) is 140 Å². The molecule has 2 heterocycles. The predicted octanol–water partition coefficient (Wildman–Crippen LogP) is 7.49. The molecule has 8 aromatic rings. The van der Waals surface area contributed by atoms with Crippen molar-refractivity contribution in [2.45, 2.75) is 0 Å². The molecule has 0 saturated heterocycles. The number of nitrogens with zero attached hydrogens (tertiary/aromatic N) is 10. The van der Waals surface area contributed by atoms with E-state index in [1.807, 2.05) is 84.9 Å². The SMILES string of the molecule is COc1cc(-c2ccc(-[n+]3nc(-c4ccc(NC(=S)S)cc4)nn3-c3ccc([N+](=O)[O-])cc3)c(OC)c2)ccc1-[n+]1nc(-c2ccc(NC(=S)S)cc2)nn1-c1ccc([N+](=O)[O-])cc1. The van der Waals surface area contributed by atoms with Crippen LogP contribution in [-0.2, 0) is 0 Å². The van der Waals surface area contributed by atoms with Crippen molar-refractivity contribution >= 4 is 81.1 Å². The lowest BCUT2D eigenvalue weighted by Gasteiger charge is -2.11. The topological polar surface area (TPSA) is 198 Å². The Morgan fingerprint density at radius 3 is 1.22 bits per heavy atom. The number of methoxy groups -OCH3 is 2. The minimum absolute atomic E-state index is 0.0758. The number of non-ortho nitro benzene ring substituents is 2. The van der Waals surface area contributed by atoms with Gasteiger partial charge >= 0.3 is 11.6 Å². The van der Waals surface area contributed by atoms with E-state index in [9.17, 15) is 20.2 Å². The van der Waals surface area contributed by atoms with E-state index in [0.717, 1.165) is 22.5 Å². The van der Waals surface area contributed by atoms with Crippen LogP contribution in [0.4, 0.5) is 22.7 Å². The van der Waals surface area contributed by atoms with Crippen molar-refractivity contribution in [3.8, 4) is 68.2 Å². The van der Waals surface area contributed by atoms with E-state index in [4.69, 9.17) is 54.3 Å². The maximum absolute atomic E-state index is 11.5. The Hall–Kier alpha value is -7.66. The number of ether oxygens (including phenoxy) is 2. The third-order valence-corrected chi connectivity index (χ3v) is 10.0. The number of nitrogens with one attached hydrogen (secondary N) is 2. The van der Waals surface area contributed by atoms with Gasteiger partial charge in [0, 0.05) is 45.2 Å². The monoisotopic (exact) mass is 928 g/mol. The molecule has 64 heavy (non-hydrogen) atoms. The highest BCUT2D eigenvalue weighted by atomic mass is 32.1. The average Bonchev–Trinajstić information content (AvgIpc) is 3.95. The van der Waals surface area contributed by atoms with Gasteiger partial charge in [0.15, 0.2) is 11.5 Å². The van der Waals surface area contributed by atoms with E-state index in [0.29, 0.717) is 65.7 Å². The first kappa shape index (κ1) is 43.0. The van der Waals surface area contributed by atoms with Gasteiger partial charge < -0.3 is 20.1 Å². The van der Waals surface area contributed by atoms with Crippen LogP contribution in [0.15, 0.2) is 133 Å². The molecule has 0 amide bonds. The largest absolute Gasteiger partial charge is 0.492 e. The number of nitro benzene ring substituents is 2. The molecule has 0 fully saturated rings. The van der Waals surface area contributed by atoms with Crippen LogP contribution < -0.4 is 29.7 Å². The van der Waals surface area contributed by atoms with Crippen LogP contribution in [0, 0.1) is 20.2 Å². The zero-order valence-corrected chi connectivity index (χ0v) is 36.8. The summed E-state index contributed by atoms with van der Waals surface area (Å²) in [4.78, 5) is 28.1. The van der Waals surface area contributed by atoms with Crippen LogP contribution >= 0.6 is 49.7 Å². The fourth-order valence-electron chi connectivity index (χ4n) is 6.56. The summed E-state index contributed by atoms with van der Waals surface area (Å²) < 4.78 is 12.5. The number of aromatic nitrogens is 8. The van der Waals surface area contributed by atoms with Crippen LogP contribution in [0.3, 0.4) is 0 Å². The van der Waals surface area contributed by atoms with Gasteiger partial charge in [0.1, 0.15) is 20.0 Å². The van der Waals surface area contributed by atoms with Crippen molar-refractivity contribution in [2.24, 2.45) is 0 Å². The number of rotatable bonds is 13. The van der Waals surface area contributed by atoms with Crippen molar-refractivity contribution in [1.82, 2.24) is 30.0 Å². The molecule has 0 aliphatic carbocycles. The summed E-state index contributed by atoms with van der Waals surface area (Å²) in [6.45, 7) is 0. The lowest BCUT2D eigenvalue weighted by molar-refractivity contribution is -0.734. The van der Waals surface area contributed by atoms with E-state index in [-0.39, 0.29) is 11.4 Å². The minimum Gasteiger partial charge on any atom is -0.492 e. The summed E-state index contributed by atoms with van der Waals surface area (Å²) in [5.41, 5.74) is 6.25. The average molecular weight is 929 g/mol. The molecule has 0 atom stereocenters. The first-order valence-corrected chi connectivity index (χ1v) is 20.5. The van der Waals surface area contributed by atoms with Gasteiger partial charge in [-0.15, -0.1) is 25.3 Å². The van der Waals surface area contributed by atoms with E-state index in [1.165, 1.54) is 48.1 Å². The molecule has 8 rings (SSSR count). The van der Waals surface area contributed by atoms with Crippen molar-refractivity contribution in [2.75, 3.05) is 24.9 Å². The van der Waals surface area contributed by atoms with Gasteiger partial charge in [-0.1, -0.05) is 24.4 Å². The van der Waals surface area contributed by atoms with Gasteiger partial charge in [0.05, 0.1) is 45.4 Å². The van der Waals surface area contributed by atoms with Crippen LogP contribution in [0.5, 0.6) is 11.5 Å². The number of benzene rings is 6. The number of hydrogen-bond donors (Lipinski definition) is 4. The van der Waals surface area contributed by atoms with Gasteiger partial charge in [-0.25, -0.2) is 0 Å². The Morgan fingerprint density at radius 2 is 0.906 bits per heavy atom. The highest BCUT2D eigenvalue weighted by Crippen LogP contribution is 2.32. The van der Waals surface area contributed by atoms with Crippen LogP contribution in [-0.4, -0.2) is 62.7 Å². The minimum atomic E-state index is -0.472. The zero-order chi connectivity index (χ0) is 45.1. The lowest BCUT2D eigenvalue weighted by Crippen LogP contribution is -2.43. The van der Waals surface area contributed by atoms with E-state index < -0.39 is 9.85 Å².